The van der Waals surface area contributed by atoms with E-state index in [-0.39, 0.29) is 57.4 Å². The Bertz CT molecular complexity index is 2020. The van der Waals surface area contributed by atoms with Crippen molar-refractivity contribution in [3.05, 3.63) is 45.1 Å². The molecule has 5 heterocycles. The number of phenols is 2. The number of fused-ring (bicyclic) bond motifs is 3. The molecule has 2 bridgehead atoms. The Morgan fingerprint density at radius 2 is 1.80 bits per heavy atom. The molecule has 3 fully saturated rings. The average molecular weight is 821 g/mol. The molecule has 8 N–H and O–H groups in total. The molecule has 0 saturated carbocycles. The van der Waals surface area contributed by atoms with Crippen molar-refractivity contribution in [3.63, 3.8) is 0 Å². The summed E-state index contributed by atoms with van der Waals surface area (Å²) < 4.78 is 0.553. The molecule has 3 amide bonds. The van der Waals surface area contributed by atoms with Gasteiger partial charge in [-0.05, 0) is 31.9 Å². The molecule has 1 aromatic carbocycles. The number of quaternary nitrogens is 1. The van der Waals surface area contributed by atoms with Crippen LogP contribution in [0.3, 0.4) is 0 Å². The summed E-state index contributed by atoms with van der Waals surface area (Å²) in [4.78, 5) is 87.1. The lowest BCUT2D eigenvalue weighted by Crippen LogP contribution is -2.71. The number of thioether (sulfide) groups is 1. The number of rotatable bonds is 13. The van der Waals surface area contributed by atoms with Gasteiger partial charge in [0.2, 0.25) is 11.4 Å². The molecule has 0 aliphatic carbocycles. The second-order valence-electron chi connectivity index (χ2n) is 14.6. The molecule has 55 heavy (non-hydrogen) atoms. The smallest absolute Gasteiger partial charge is 0.352 e. The van der Waals surface area contributed by atoms with Crippen LogP contribution in [-0.4, -0.2) is 131 Å². The first-order chi connectivity index (χ1) is 25.8. The van der Waals surface area contributed by atoms with Gasteiger partial charge in [-0.1, -0.05) is 16.8 Å². The van der Waals surface area contributed by atoms with E-state index in [4.69, 9.17) is 22.2 Å². The molecule has 0 spiro atoms. The van der Waals surface area contributed by atoms with Gasteiger partial charge >= 0.3 is 11.9 Å². The number of nitrogens with zero attached hydrogens (tertiary/aromatic N) is 4. The second-order valence-corrected chi connectivity index (χ2v) is 17.0. The van der Waals surface area contributed by atoms with E-state index in [1.54, 1.807) is 0 Å². The zero-order chi connectivity index (χ0) is 40.1. The number of aromatic nitrogens is 1. The van der Waals surface area contributed by atoms with Crippen LogP contribution in [0.4, 0.5) is 5.13 Å². The average Bonchev–Trinajstić information content (AvgIpc) is 3.59. The number of Topliss-reactive ketones (excluding diaryl/α,β-unsaturated/α-hetero) is 1. The highest BCUT2D eigenvalue weighted by Gasteiger charge is 2.57. The Kier molecular flexibility index (Phi) is 10.8. The van der Waals surface area contributed by atoms with Crippen molar-refractivity contribution >= 4 is 81.0 Å². The van der Waals surface area contributed by atoms with E-state index in [1.165, 1.54) is 35.9 Å². The van der Waals surface area contributed by atoms with Crippen LogP contribution in [0, 0.1) is 5.92 Å². The number of amides is 3. The van der Waals surface area contributed by atoms with Crippen LogP contribution in [0.5, 0.6) is 11.5 Å². The molecule has 0 radical (unpaired) electrons. The number of carbonyl (C=O) groups excluding carboxylic acids is 4. The molecule has 21 heteroatoms. The van der Waals surface area contributed by atoms with Gasteiger partial charge in [-0.15, -0.1) is 23.1 Å². The van der Waals surface area contributed by atoms with E-state index in [9.17, 15) is 49.2 Å². The number of thiazole rings is 1. The fourth-order valence-electron chi connectivity index (χ4n) is 7.67. The summed E-state index contributed by atoms with van der Waals surface area (Å²) in [6.07, 6.45) is 3.16. The SMILES string of the molecule is CC(C)(O/N=C(\C(=O)N[C@@H]1C(=O)N2C(C(=O)O)=C(C[N+]3(C)[C@@H]4CC[C@H]3CC(CNC(=O)C(=O)c3cc(O)c(O)c(Cl)c3)C4)CS[C@H]12)c1csc(N)n1)C(=O)O. The third kappa shape index (κ3) is 7.54. The number of aromatic hydroxyl groups is 2. The largest absolute Gasteiger partial charge is 0.504 e. The number of oxime groups is 1. The number of nitrogens with two attached hydrogens (primary N) is 1. The van der Waals surface area contributed by atoms with Crippen molar-refractivity contribution in [2.45, 2.75) is 68.6 Å². The number of carbonyl (C=O) groups is 6. The number of ketones is 1. The minimum Gasteiger partial charge on any atom is -0.504 e. The van der Waals surface area contributed by atoms with E-state index in [2.05, 4.69) is 27.8 Å². The maximum absolute atomic E-state index is 13.6. The third-order valence-electron chi connectivity index (χ3n) is 10.7. The van der Waals surface area contributed by atoms with Gasteiger partial charge in [0.25, 0.3) is 17.7 Å². The van der Waals surface area contributed by atoms with Crippen LogP contribution in [0.15, 0.2) is 33.9 Å². The number of benzene rings is 1. The molecule has 4 aliphatic heterocycles. The van der Waals surface area contributed by atoms with E-state index >= 15 is 0 Å². The van der Waals surface area contributed by atoms with Crippen molar-refractivity contribution in [1.82, 2.24) is 20.5 Å². The fraction of sp³-hybridized carbons (Fsp3) is 0.471. The van der Waals surface area contributed by atoms with Gasteiger partial charge in [0.15, 0.2) is 22.3 Å². The predicted octanol–water partition coefficient (Wildman–Crippen LogP) is 1.50. The standard InChI is InChI=1S/C34H38ClN7O11S2/c1-34(2,32(51)52)53-40-22(20-13-55-33(36)38-20)27(46)39-23-29(48)41-24(31(49)50)16(12-54-30(23)41)11-42(3)17-4-5-18(42)7-14(6-17)10-37-28(47)25(44)15-8-19(35)26(45)21(43)9-15/h8-9,13-14,17-18,23,30H,4-7,10-12H2,1-3H3,(H7-,36,37,38,39,40,43,44,45,46,47,49,50,51,52)/p+1/t14?,17-,18+,23-,30-,42?/m1/s1. The lowest BCUT2D eigenvalue weighted by molar-refractivity contribution is -0.945. The summed E-state index contributed by atoms with van der Waals surface area (Å²) >= 11 is 8.17. The third-order valence-corrected chi connectivity index (χ3v) is 13.0. The number of carboxylic acid groups (broad SMARTS) is 2. The highest BCUT2D eigenvalue weighted by molar-refractivity contribution is 8.00. The molecule has 6 rings (SSSR count). The molecule has 1 aromatic heterocycles. The maximum atomic E-state index is 13.6. The molecule has 4 aliphatic rings. The minimum atomic E-state index is -1.80. The van der Waals surface area contributed by atoms with Crippen LogP contribution >= 0.6 is 34.7 Å². The number of aliphatic carboxylic acids is 2. The Morgan fingerprint density at radius 1 is 1.13 bits per heavy atom. The van der Waals surface area contributed by atoms with E-state index in [0.717, 1.165) is 36.3 Å². The number of carboxylic acids is 2. The van der Waals surface area contributed by atoms with Crippen molar-refractivity contribution in [2.75, 3.05) is 31.6 Å². The van der Waals surface area contributed by atoms with E-state index in [1.807, 2.05) is 0 Å². The second kappa shape index (κ2) is 15.0. The van der Waals surface area contributed by atoms with Gasteiger partial charge in [-0.3, -0.25) is 24.1 Å². The van der Waals surface area contributed by atoms with Crippen LogP contribution < -0.4 is 16.4 Å². The van der Waals surface area contributed by atoms with Gasteiger partial charge in [0, 0.05) is 54.5 Å². The summed E-state index contributed by atoms with van der Waals surface area (Å²) in [6, 6.07) is 1.21. The van der Waals surface area contributed by atoms with Crippen molar-refractivity contribution in [3.8, 4) is 11.5 Å². The first-order valence-electron chi connectivity index (χ1n) is 17.1. The molecule has 2 aromatic rings. The normalized spacial score (nSPS) is 26.2. The van der Waals surface area contributed by atoms with Crippen molar-refractivity contribution < 1.29 is 58.5 Å². The summed E-state index contributed by atoms with van der Waals surface area (Å²) in [5.74, 6) is -6.80. The van der Waals surface area contributed by atoms with Crippen molar-refractivity contribution in [1.29, 1.82) is 0 Å². The van der Waals surface area contributed by atoms with Gasteiger partial charge in [-0.25, -0.2) is 14.6 Å². The number of piperidine rings is 1. The summed E-state index contributed by atoms with van der Waals surface area (Å²) in [5, 5.41) is 48.8. The molecular weight excluding hydrogens is 782 g/mol. The van der Waals surface area contributed by atoms with Crippen LogP contribution in [0.2, 0.25) is 5.02 Å². The van der Waals surface area contributed by atoms with Gasteiger partial charge in [-0.2, -0.15) is 0 Å². The lowest BCUT2D eigenvalue weighted by Gasteiger charge is -2.52. The molecule has 3 saturated heterocycles. The van der Waals surface area contributed by atoms with E-state index < -0.39 is 69.7 Å². The molecule has 294 valence electrons. The van der Waals surface area contributed by atoms with Gasteiger partial charge < -0.3 is 46.1 Å². The number of nitrogens with one attached hydrogen (secondary N) is 2. The zero-order valence-corrected chi connectivity index (χ0v) is 32.2. The van der Waals surface area contributed by atoms with Crippen LogP contribution in [0.1, 0.15) is 55.6 Å². The number of hydrogen-bond donors (Lipinski definition) is 7. The topological polar surface area (TPSA) is 271 Å². The van der Waals surface area contributed by atoms with Gasteiger partial charge in [0.1, 0.15) is 29.4 Å². The summed E-state index contributed by atoms with van der Waals surface area (Å²) in [5.41, 5.74) is 3.83. The zero-order valence-electron chi connectivity index (χ0n) is 29.8. The number of halogens is 1. The van der Waals surface area contributed by atoms with Crippen LogP contribution in [-0.2, 0) is 28.8 Å². The Hall–Kier alpha value is -4.92. The Labute approximate surface area is 326 Å². The number of β-lactam (4-membered cyclic amide) rings is 1. The summed E-state index contributed by atoms with van der Waals surface area (Å²) in [7, 11) is 2.08. The molecule has 2 unspecified atom stereocenters. The minimum absolute atomic E-state index is 0.00125. The summed E-state index contributed by atoms with van der Waals surface area (Å²) in [6.45, 7) is 3.08. The Balaban J connectivity index is 1.11. The van der Waals surface area contributed by atoms with Gasteiger partial charge in [0.05, 0.1) is 24.2 Å². The molecule has 6 atom stereocenters. The monoisotopic (exact) mass is 820 g/mol. The number of nitrogen functional groups attached to an aromatic ring is 1. The number of likely N-dealkylation sites (N-methyl/N-ethyl adjacent to an activating group) is 1. The first kappa shape index (κ1) is 39.8. The van der Waals surface area contributed by atoms with Crippen molar-refractivity contribution in [2.24, 2.45) is 11.1 Å². The van der Waals surface area contributed by atoms with Crippen LogP contribution in [0.25, 0.3) is 0 Å². The quantitative estimate of drug-likeness (QED) is 0.0287. The predicted molar refractivity (Wildman–Crippen MR) is 198 cm³/mol. The molecule has 18 nitrogen and oxygen atoms in total. The van der Waals surface area contributed by atoms with E-state index in [0.29, 0.717) is 29.4 Å². The first-order valence-corrected chi connectivity index (χ1v) is 19.4. The highest BCUT2D eigenvalue weighted by atomic mass is 35.5. The highest BCUT2D eigenvalue weighted by Crippen LogP contribution is 2.47. The maximum Gasteiger partial charge on any atom is 0.352 e. The number of anilines is 1. The molecular formula is C34H39ClN7O11S2+. The fourth-order valence-corrected chi connectivity index (χ4v) is 9.77. The lowest BCUT2D eigenvalue weighted by atomic mass is 9.87. The number of hydrogen-bond acceptors (Lipinski definition) is 14. The Morgan fingerprint density at radius 3 is 2.38 bits per heavy atom. The number of phenolic OH excluding ortho intramolecular Hbond substituents is 2.